The number of aliphatic hydroxyl groups excluding tert-OH is 1. The zero-order valence-electron chi connectivity index (χ0n) is 8.08. The molecule has 0 saturated carbocycles. The van der Waals surface area contributed by atoms with Crippen molar-refractivity contribution >= 4 is 11.8 Å². The van der Waals surface area contributed by atoms with E-state index in [9.17, 15) is 0 Å². The Balaban J connectivity index is 2.90. The van der Waals surface area contributed by atoms with Gasteiger partial charge in [-0.1, -0.05) is 20.3 Å². The maximum absolute atomic E-state index is 8.71. The maximum atomic E-state index is 8.71. The molecule has 0 aromatic heterocycles. The van der Waals surface area contributed by atoms with E-state index in [-0.39, 0.29) is 6.61 Å². The Morgan fingerprint density at radius 3 is 2.75 bits per heavy atom. The normalized spacial score (nSPS) is 13.2. The topological polar surface area (TPSA) is 29.5 Å². The van der Waals surface area contributed by atoms with Crippen LogP contribution < -0.4 is 0 Å². The first-order valence-electron chi connectivity index (χ1n) is 4.61. The van der Waals surface area contributed by atoms with Crippen LogP contribution in [0.25, 0.3) is 0 Å². The second kappa shape index (κ2) is 9.36. The third-order valence-electron chi connectivity index (χ3n) is 1.53. The molecule has 0 saturated heterocycles. The van der Waals surface area contributed by atoms with Gasteiger partial charge in [0.05, 0.1) is 13.2 Å². The molecule has 12 heavy (non-hydrogen) atoms. The van der Waals surface area contributed by atoms with Crippen molar-refractivity contribution in [2.45, 2.75) is 31.9 Å². The van der Waals surface area contributed by atoms with Crippen LogP contribution in [-0.2, 0) is 4.74 Å². The molecule has 0 radical (unpaired) electrons. The monoisotopic (exact) mass is 192 g/mol. The van der Waals surface area contributed by atoms with E-state index in [1.807, 2.05) is 6.92 Å². The lowest BCUT2D eigenvalue weighted by Gasteiger charge is -2.07. The molecule has 74 valence electrons. The predicted molar refractivity (Wildman–Crippen MR) is 54.7 cm³/mol. The molecule has 3 heteroatoms. The molecule has 0 aliphatic heterocycles. The maximum Gasteiger partial charge on any atom is 0.0556 e. The van der Waals surface area contributed by atoms with Crippen LogP contribution >= 0.6 is 11.8 Å². The zero-order valence-corrected chi connectivity index (χ0v) is 8.90. The van der Waals surface area contributed by atoms with E-state index in [0.29, 0.717) is 5.25 Å². The summed E-state index contributed by atoms with van der Waals surface area (Å²) in [5.74, 6) is 0.992. The summed E-state index contributed by atoms with van der Waals surface area (Å²) in [6.07, 6.45) is 2.35. The molecule has 0 aromatic rings. The second-order valence-corrected chi connectivity index (χ2v) is 4.38. The second-order valence-electron chi connectivity index (χ2n) is 2.83. The fourth-order valence-corrected chi connectivity index (χ4v) is 1.43. The first-order valence-corrected chi connectivity index (χ1v) is 5.66. The highest BCUT2D eigenvalue weighted by Gasteiger charge is 1.98. The number of aliphatic hydroxyl groups is 1. The fraction of sp³-hybridized carbons (Fsp3) is 1.00. The third-order valence-corrected chi connectivity index (χ3v) is 2.65. The van der Waals surface area contributed by atoms with Gasteiger partial charge in [-0.3, -0.25) is 0 Å². The molecule has 0 fully saturated rings. The molecule has 2 nitrogen and oxygen atoms in total. The minimum atomic E-state index is 0.264. The van der Waals surface area contributed by atoms with Crippen LogP contribution in [0.5, 0.6) is 0 Å². The Labute approximate surface area is 79.7 Å². The quantitative estimate of drug-likeness (QED) is 0.596. The van der Waals surface area contributed by atoms with Gasteiger partial charge in [-0.15, -0.1) is 0 Å². The van der Waals surface area contributed by atoms with E-state index >= 15 is 0 Å². The lowest BCUT2D eigenvalue weighted by molar-refractivity contribution is 0.147. The summed E-state index contributed by atoms with van der Waals surface area (Å²) in [6.45, 7) is 6.14. The fourth-order valence-electron chi connectivity index (χ4n) is 0.709. The molecule has 0 aliphatic rings. The number of ether oxygens (including phenoxy) is 1. The van der Waals surface area contributed by atoms with Gasteiger partial charge in [-0.25, -0.2) is 0 Å². The zero-order chi connectivity index (χ0) is 9.23. The highest BCUT2D eigenvalue weighted by molar-refractivity contribution is 7.99. The first kappa shape index (κ1) is 12.3. The van der Waals surface area contributed by atoms with Crippen LogP contribution in [0.4, 0.5) is 0 Å². The van der Waals surface area contributed by atoms with Gasteiger partial charge in [-0.2, -0.15) is 11.8 Å². The number of unbranched alkanes of at least 4 members (excludes halogenated alkanes) is 1. The van der Waals surface area contributed by atoms with Crippen molar-refractivity contribution < 1.29 is 9.84 Å². The molecule has 0 aromatic carbocycles. The standard InChI is InChI=1S/C9H20O2S/c1-3-4-5-11-6-7-12-9(2)8-10/h9-10H,3-8H2,1-2H3. The Morgan fingerprint density at radius 1 is 1.42 bits per heavy atom. The van der Waals surface area contributed by atoms with Gasteiger partial charge in [-0.05, 0) is 6.42 Å². The van der Waals surface area contributed by atoms with Gasteiger partial charge < -0.3 is 9.84 Å². The van der Waals surface area contributed by atoms with Crippen LogP contribution in [0.15, 0.2) is 0 Å². The van der Waals surface area contributed by atoms with Gasteiger partial charge in [0.1, 0.15) is 0 Å². The Hall–Kier alpha value is 0.270. The summed E-state index contributed by atoms with van der Waals surface area (Å²) in [4.78, 5) is 0. The van der Waals surface area contributed by atoms with E-state index in [1.165, 1.54) is 6.42 Å². The highest BCUT2D eigenvalue weighted by Crippen LogP contribution is 2.08. The first-order chi connectivity index (χ1) is 5.81. The molecule has 0 heterocycles. The lowest BCUT2D eigenvalue weighted by atomic mass is 10.4. The van der Waals surface area contributed by atoms with Crippen molar-refractivity contribution in [2.24, 2.45) is 0 Å². The van der Waals surface area contributed by atoms with Crippen molar-refractivity contribution in [2.75, 3.05) is 25.6 Å². The SMILES string of the molecule is CCCCOCCSC(C)CO. The summed E-state index contributed by atoms with van der Waals surface area (Å²) >= 11 is 1.76. The Bertz CT molecular complexity index is 88.6. The summed E-state index contributed by atoms with van der Waals surface area (Å²) in [5, 5.41) is 9.06. The molecule has 0 rings (SSSR count). The smallest absolute Gasteiger partial charge is 0.0556 e. The number of hydrogen-bond donors (Lipinski definition) is 1. The van der Waals surface area contributed by atoms with Crippen LogP contribution in [0, 0.1) is 0 Å². The predicted octanol–water partition coefficient (Wildman–Crippen LogP) is 1.92. The van der Waals surface area contributed by atoms with Gasteiger partial charge >= 0.3 is 0 Å². The van der Waals surface area contributed by atoms with Gasteiger partial charge in [0.25, 0.3) is 0 Å². The molecule has 1 atom stereocenters. The third kappa shape index (κ3) is 8.37. The summed E-state index contributed by atoms with van der Waals surface area (Å²) in [6, 6.07) is 0. The summed E-state index contributed by atoms with van der Waals surface area (Å²) in [7, 11) is 0. The number of thioether (sulfide) groups is 1. The summed E-state index contributed by atoms with van der Waals surface area (Å²) in [5.41, 5.74) is 0. The van der Waals surface area contributed by atoms with Gasteiger partial charge in [0, 0.05) is 17.6 Å². The minimum absolute atomic E-state index is 0.264. The largest absolute Gasteiger partial charge is 0.395 e. The molecule has 0 amide bonds. The molecule has 0 spiro atoms. The highest BCUT2D eigenvalue weighted by atomic mass is 32.2. The molecule has 0 bridgehead atoms. The van der Waals surface area contributed by atoms with Crippen molar-refractivity contribution in [3.63, 3.8) is 0 Å². The van der Waals surface area contributed by atoms with Crippen molar-refractivity contribution in [3.05, 3.63) is 0 Å². The Kier molecular flexibility index (Phi) is 9.57. The average molecular weight is 192 g/mol. The minimum Gasteiger partial charge on any atom is -0.395 e. The van der Waals surface area contributed by atoms with Gasteiger partial charge in [0.15, 0.2) is 0 Å². The van der Waals surface area contributed by atoms with Crippen molar-refractivity contribution in [1.82, 2.24) is 0 Å². The number of rotatable bonds is 8. The van der Waals surface area contributed by atoms with Crippen molar-refractivity contribution in [1.29, 1.82) is 0 Å². The lowest BCUT2D eigenvalue weighted by Crippen LogP contribution is -2.06. The number of hydrogen-bond acceptors (Lipinski definition) is 3. The van der Waals surface area contributed by atoms with E-state index in [2.05, 4.69) is 6.92 Å². The molecule has 1 unspecified atom stereocenters. The molecule has 0 aliphatic carbocycles. The van der Waals surface area contributed by atoms with E-state index in [0.717, 1.165) is 25.4 Å². The van der Waals surface area contributed by atoms with Crippen LogP contribution in [0.3, 0.4) is 0 Å². The summed E-state index contributed by atoms with van der Waals surface area (Å²) < 4.78 is 5.37. The Morgan fingerprint density at radius 2 is 2.17 bits per heavy atom. The van der Waals surface area contributed by atoms with E-state index in [4.69, 9.17) is 9.84 Å². The van der Waals surface area contributed by atoms with Crippen LogP contribution in [0.1, 0.15) is 26.7 Å². The van der Waals surface area contributed by atoms with Crippen LogP contribution in [0.2, 0.25) is 0 Å². The molecular formula is C9H20O2S. The molecular weight excluding hydrogens is 172 g/mol. The van der Waals surface area contributed by atoms with E-state index in [1.54, 1.807) is 11.8 Å². The van der Waals surface area contributed by atoms with Crippen LogP contribution in [-0.4, -0.2) is 35.9 Å². The average Bonchev–Trinajstić information content (AvgIpc) is 2.10. The van der Waals surface area contributed by atoms with Gasteiger partial charge in [0.2, 0.25) is 0 Å². The molecule has 1 N–H and O–H groups in total. The van der Waals surface area contributed by atoms with Crippen molar-refractivity contribution in [3.8, 4) is 0 Å². The van der Waals surface area contributed by atoms with E-state index < -0.39 is 0 Å².